The molecule has 6 nitrogen and oxygen atoms in total. The number of rotatable bonds is 5. The highest BCUT2D eigenvalue weighted by Gasteiger charge is 2.49. The summed E-state index contributed by atoms with van der Waals surface area (Å²) in [4.78, 5) is 15.4. The summed E-state index contributed by atoms with van der Waals surface area (Å²) >= 11 is 0. The lowest BCUT2D eigenvalue weighted by Crippen LogP contribution is -2.19. The Hall–Kier alpha value is -1.66. The summed E-state index contributed by atoms with van der Waals surface area (Å²) in [5, 5.41) is 11.1. The van der Waals surface area contributed by atoms with E-state index in [0.29, 0.717) is 12.2 Å². The number of methoxy groups -OCH3 is 1. The number of nitrogens with two attached hydrogens (primary N) is 1. The monoisotopic (exact) mass is 238 g/mol. The molecule has 1 aliphatic rings. The number of para-hydroxylation sites is 1. The fraction of sp³-hybridized carbons (Fsp3) is 0.455. The van der Waals surface area contributed by atoms with Crippen molar-refractivity contribution in [2.75, 3.05) is 13.7 Å². The fourth-order valence-electron chi connectivity index (χ4n) is 2.11. The first-order chi connectivity index (χ1) is 8.14. The van der Waals surface area contributed by atoms with Crippen molar-refractivity contribution in [1.82, 2.24) is 0 Å². The molecule has 0 atom stereocenters. The molecule has 17 heavy (non-hydrogen) atoms. The normalized spacial score (nSPS) is 16.6. The fourth-order valence-corrected chi connectivity index (χ4v) is 2.11. The zero-order valence-corrected chi connectivity index (χ0v) is 9.51. The lowest BCUT2D eigenvalue weighted by atomic mass is 9.95. The predicted octanol–water partition coefficient (Wildman–Crippen LogP) is 1.53. The third kappa shape index (κ3) is 1.96. The van der Waals surface area contributed by atoms with E-state index in [1.165, 1.54) is 7.11 Å². The molecule has 0 heterocycles. The summed E-state index contributed by atoms with van der Waals surface area (Å²) in [6.45, 7) is 0.293. The molecule has 0 amide bonds. The lowest BCUT2D eigenvalue weighted by molar-refractivity contribution is -0.386. The molecule has 1 aliphatic carbocycles. The summed E-state index contributed by atoms with van der Waals surface area (Å²) in [6.07, 6.45) is 1.69. The van der Waals surface area contributed by atoms with Gasteiger partial charge in [-0.15, -0.1) is 0 Å². The van der Waals surface area contributed by atoms with Crippen molar-refractivity contribution in [2.45, 2.75) is 18.3 Å². The molecular weight excluding hydrogens is 224 g/mol. The van der Waals surface area contributed by atoms with Crippen LogP contribution in [0, 0.1) is 10.1 Å². The summed E-state index contributed by atoms with van der Waals surface area (Å²) in [7, 11) is 1.42. The van der Waals surface area contributed by atoms with Crippen LogP contribution in [-0.2, 0) is 10.3 Å². The number of benzene rings is 1. The highest BCUT2D eigenvalue weighted by Crippen LogP contribution is 2.52. The first-order valence-corrected chi connectivity index (χ1v) is 5.28. The SMILES string of the molecule is COc1cccc(C2(CON)CC2)c1[N+](=O)[O-]. The van der Waals surface area contributed by atoms with Gasteiger partial charge in [-0.05, 0) is 18.9 Å². The van der Waals surface area contributed by atoms with Crippen molar-refractivity contribution in [1.29, 1.82) is 0 Å². The van der Waals surface area contributed by atoms with Gasteiger partial charge >= 0.3 is 5.69 Å². The molecule has 1 aromatic carbocycles. The molecule has 1 saturated carbocycles. The van der Waals surface area contributed by atoms with Crippen LogP contribution in [-0.4, -0.2) is 18.6 Å². The minimum atomic E-state index is -0.412. The minimum absolute atomic E-state index is 0.0181. The summed E-state index contributed by atoms with van der Waals surface area (Å²) in [5.74, 6) is 5.36. The summed E-state index contributed by atoms with van der Waals surface area (Å²) < 4.78 is 5.03. The second kappa shape index (κ2) is 4.31. The Kier molecular flexibility index (Phi) is 2.99. The first-order valence-electron chi connectivity index (χ1n) is 5.28. The maximum atomic E-state index is 11.1. The van der Waals surface area contributed by atoms with Crippen molar-refractivity contribution < 1.29 is 14.5 Å². The van der Waals surface area contributed by atoms with Gasteiger partial charge in [-0.25, -0.2) is 5.90 Å². The molecule has 0 bridgehead atoms. The predicted molar refractivity (Wildman–Crippen MR) is 60.7 cm³/mol. The van der Waals surface area contributed by atoms with Crippen LogP contribution in [0.1, 0.15) is 18.4 Å². The molecule has 0 spiro atoms. The van der Waals surface area contributed by atoms with Crippen LogP contribution >= 0.6 is 0 Å². The molecule has 0 aromatic heterocycles. The Morgan fingerprint density at radius 3 is 2.71 bits per heavy atom. The molecule has 0 aliphatic heterocycles. The van der Waals surface area contributed by atoms with E-state index >= 15 is 0 Å². The molecule has 0 unspecified atom stereocenters. The largest absolute Gasteiger partial charge is 0.490 e. The van der Waals surface area contributed by atoms with Crippen LogP contribution in [0.2, 0.25) is 0 Å². The van der Waals surface area contributed by atoms with Gasteiger partial charge in [-0.1, -0.05) is 12.1 Å². The number of nitrogens with zero attached hydrogens (tertiary/aromatic N) is 1. The molecule has 2 rings (SSSR count). The maximum Gasteiger partial charge on any atom is 0.314 e. The number of nitro benzene ring substituents is 1. The van der Waals surface area contributed by atoms with Crippen molar-refractivity contribution in [3.63, 3.8) is 0 Å². The van der Waals surface area contributed by atoms with Gasteiger partial charge in [0.2, 0.25) is 0 Å². The third-order valence-corrected chi connectivity index (χ3v) is 3.19. The van der Waals surface area contributed by atoms with E-state index in [4.69, 9.17) is 10.6 Å². The van der Waals surface area contributed by atoms with Crippen LogP contribution in [0.5, 0.6) is 5.75 Å². The highest BCUT2D eigenvalue weighted by molar-refractivity contribution is 5.57. The van der Waals surface area contributed by atoms with E-state index in [-0.39, 0.29) is 16.9 Å². The lowest BCUT2D eigenvalue weighted by Gasteiger charge is -2.15. The Morgan fingerprint density at radius 2 is 2.24 bits per heavy atom. The molecular formula is C11H14N2O4. The number of nitro groups is 1. The smallest absolute Gasteiger partial charge is 0.314 e. The molecule has 1 aromatic rings. The molecule has 92 valence electrons. The van der Waals surface area contributed by atoms with Crippen LogP contribution in [0.4, 0.5) is 5.69 Å². The van der Waals surface area contributed by atoms with Crippen LogP contribution in [0.3, 0.4) is 0 Å². The first kappa shape index (κ1) is 11.8. The Bertz CT molecular complexity index is 443. The maximum absolute atomic E-state index is 11.1. The second-order valence-electron chi connectivity index (χ2n) is 4.20. The van der Waals surface area contributed by atoms with Gasteiger partial charge in [0.15, 0.2) is 5.75 Å². The van der Waals surface area contributed by atoms with Crippen molar-refractivity contribution in [3.8, 4) is 5.75 Å². The van der Waals surface area contributed by atoms with Gasteiger partial charge in [0, 0.05) is 11.0 Å². The van der Waals surface area contributed by atoms with E-state index in [9.17, 15) is 10.1 Å². The third-order valence-electron chi connectivity index (χ3n) is 3.19. The molecule has 2 N–H and O–H groups in total. The van der Waals surface area contributed by atoms with E-state index in [2.05, 4.69) is 4.84 Å². The van der Waals surface area contributed by atoms with Gasteiger partial charge in [0.25, 0.3) is 0 Å². The van der Waals surface area contributed by atoms with Crippen LogP contribution in [0.15, 0.2) is 18.2 Å². The topological polar surface area (TPSA) is 87.6 Å². The zero-order chi connectivity index (χ0) is 12.5. The van der Waals surface area contributed by atoms with Crippen molar-refractivity contribution >= 4 is 5.69 Å². The Labute approximate surface area is 98.4 Å². The number of hydrogen-bond acceptors (Lipinski definition) is 5. The molecule has 0 saturated heterocycles. The van der Waals surface area contributed by atoms with Crippen LogP contribution < -0.4 is 10.6 Å². The Morgan fingerprint density at radius 1 is 1.53 bits per heavy atom. The van der Waals surface area contributed by atoms with Crippen LogP contribution in [0.25, 0.3) is 0 Å². The average molecular weight is 238 g/mol. The van der Waals surface area contributed by atoms with E-state index in [1.54, 1.807) is 18.2 Å². The zero-order valence-electron chi connectivity index (χ0n) is 9.51. The number of ether oxygens (including phenoxy) is 1. The van der Waals surface area contributed by atoms with Crippen molar-refractivity contribution in [3.05, 3.63) is 33.9 Å². The Balaban J connectivity index is 2.50. The van der Waals surface area contributed by atoms with E-state index < -0.39 is 4.92 Å². The standard InChI is InChI=1S/C11H14N2O4/c1-16-9-4-2-3-8(10(9)13(14)15)11(5-6-11)7-17-12/h2-4H,5-7,12H2,1H3. The quantitative estimate of drug-likeness (QED) is 0.620. The average Bonchev–Trinajstić information content (AvgIpc) is 3.09. The van der Waals surface area contributed by atoms with Gasteiger partial charge in [0.1, 0.15) is 0 Å². The van der Waals surface area contributed by atoms with E-state index in [1.807, 2.05) is 0 Å². The highest BCUT2D eigenvalue weighted by atomic mass is 16.6. The number of hydrogen-bond donors (Lipinski definition) is 1. The summed E-state index contributed by atoms with van der Waals surface area (Å²) in [6, 6.07) is 5.07. The van der Waals surface area contributed by atoms with Gasteiger partial charge in [-0.3, -0.25) is 10.1 Å². The second-order valence-corrected chi connectivity index (χ2v) is 4.20. The van der Waals surface area contributed by atoms with E-state index in [0.717, 1.165) is 12.8 Å². The molecule has 0 radical (unpaired) electrons. The van der Waals surface area contributed by atoms with Gasteiger partial charge in [0.05, 0.1) is 18.6 Å². The van der Waals surface area contributed by atoms with Crippen molar-refractivity contribution in [2.24, 2.45) is 5.90 Å². The summed E-state index contributed by atoms with van der Waals surface area (Å²) in [5.41, 5.74) is 0.350. The molecule has 1 fully saturated rings. The minimum Gasteiger partial charge on any atom is -0.490 e. The van der Waals surface area contributed by atoms with Gasteiger partial charge in [-0.2, -0.15) is 0 Å². The van der Waals surface area contributed by atoms with Gasteiger partial charge < -0.3 is 9.57 Å². The molecule has 6 heteroatoms.